The molecule has 122 valence electrons. The van der Waals surface area contributed by atoms with Crippen molar-refractivity contribution in [2.24, 2.45) is 0 Å². The number of carbonyl (C=O) groups excluding carboxylic acids is 1. The van der Waals surface area contributed by atoms with E-state index in [1.807, 2.05) is 0 Å². The van der Waals surface area contributed by atoms with Gasteiger partial charge in [-0.2, -0.15) is 8.78 Å². The van der Waals surface area contributed by atoms with Crippen LogP contribution in [0.1, 0.15) is 5.56 Å². The molecule has 0 saturated carbocycles. The first-order chi connectivity index (χ1) is 11.0. The maximum atomic E-state index is 12.4. The summed E-state index contributed by atoms with van der Waals surface area (Å²) in [6.45, 7) is -2.99. The molecule has 0 aliphatic carbocycles. The number of halogens is 3. The number of benzene rings is 2. The van der Waals surface area contributed by atoms with Crippen LogP contribution < -0.4 is 14.8 Å². The molecule has 0 radical (unpaired) electrons. The average Bonchev–Trinajstić information content (AvgIpc) is 2.49. The molecule has 4 nitrogen and oxygen atoms in total. The standard InChI is InChI=1S/C16H14ClF2NO3/c1-22-13-7-6-11(9-14(13)23-16(18)19)20-15(21)8-10-4-2-3-5-12(10)17/h2-7,9,16H,8H2,1H3,(H,20,21). The zero-order valence-electron chi connectivity index (χ0n) is 12.2. The number of ether oxygens (including phenoxy) is 2. The van der Waals surface area contributed by atoms with Crippen LogP contribution in [0.15, 0.2) is 42.5 Å². The van der Waals surface area contributed by atoms with Crippen LogP contribution in [0.5, 0.6) is 11.5 Å². The summed E-state index contributed by atoms with van der Waals surface area (Å²) in [7, 11) is 1.34. The Kier molecular flexibility index (Phi) is 5.76. The maximum absolute atomic E-state index is 12.4. The Labute approximate surface area is 137 Å². The lowest BCUT2D eigenvalue weighted by Crippen LogP contribution is -2.15. The van der Waals surface area contributed by atoms with Gasteiger partial charge in [0.05, 0.1) is 13.5 Å². The molecule has 0 spiro atoms. The Morgan fingerprint density at radius 1 is 1.22 bits per heavy atom. The van der Waals surface area contributed by atoms with Crippen molar-refractivity contribution in [3.05, 3.63) is 53.1 Å². The van der Waals surface area contributed by atoms with Crippen molar-refractivity contribution in [2.75, 3.05) is 12.4 Å². The Morgan fingerprint density at radius 2 is 1.96 bits per heavy atom. The lowest BCUT2D eigenvalue weighted by molar-refractivity contribution is -0.115. The zero-order chi connectivity index (χ0) is 16.8. The van der Waals surface area contributed by atoms with Crippen molar-refractivity contribution in [1.29, 1.82) is 0 Å². The van der Waals surface area contributed by atoms with Gasteiger partial charge in [0, 0.05) is 16.8 Å². The third-order valence-corrected chi connectivity index (χ3v) is 3.34. The van der Waals surface area contributed by atoms with Crippen LogP contribution in [-0.2, 0) is 11.2 Å². The van der Waals surface area contributed by atoms with E-state index in [0.29, 0.717) is 16.3 Å². The molecule has 0 atom stereocenters. The lowest BCUT2D eigenvalue weighted by Gasteiger charge is -2.12. The van der Waals surface area contributed by atoms with Gasteiger partial charge in [-0.3, -0.25) is 4.79 Å². The molecule has 0 fully saturated rings. The van der Waals surface area contributed by atoms with Gasteiger partial charge >= 0.3 is 6.61 Å². The number of alkyl halides is 2. The first kappa shape index (κ1) is 17.0. The van der Waals surface area contributed by atoms with E-state index in [1.54, 1.807) is 24.3 Å². The second-order valence-electron chi connectivity index (χ2n) is 4.56. The van der Waals surface area contributed by atoms with Crippen molar-refractivity contribution >= 4 is 23.2 Å². The highest BCUT2D eigenvalue weighted by atomic mass is 35.5. The minimum Gasteiger partial charge on any atom is -0.493 e. The van der Waals surface area contributed by atoms with E-state index in [9.17, 15) is 13.6 Å². The molecular weight excluding hydrogens is 328 g/mol. The van der Waals surface area contributed by atoms with Gasteiger partial charge in [-0.25, -0.2) is 0 Å². The fourth-order valence-electron chi connectivity index (χ4n) is 1.96. The molecule has 1 amide bonds. The molecular formula is C16H14ClF2NO3. The van der Waals surface area contributed by atoms with Gasteiger partial charge in [0.15, 0.2) is 11.5 Å². The van der Waals surface area contributed by atoms with Crippen molar-refractivity contribution in [3.63, 3.8) is 0 Å². The number of amides is 1. The normalized spacial score (nSPS) is 10.5. The summed E-state index contributed by atoms with van der Waals surface area (Å²) in [4.78, 5) is 12.0. The van der Waals surface area contributed by atoms with Gasteiger partial charge in [-0.05, 0) is 23.8 Å². The molecule has 0 heterocycles. The van der Waals surface area contributed by atoms with Crippen LogP contribution in [0.2, 0.25) is 5.02 Å². The van der Waals surface area contributed by atoms with E-state index < -0.39 is 6.61 Å². The first-order valence-electron chi connectivity index (χ1n) is 6.65. The minimum atomic E-state index is -2.99. The second-order valence-corrected chi connectivity index (χ2v) is 4.97. The van der Waals surface area contributed by atoms with E-state index in [2.05, 4.69) is 10.1 Å². The predicted molar refractivity (Wildman–Crippen MR) is 83.4 cm³/mol. The molecule has 1 N–H and O–H groups in total. The van der Waals surface area contributed by atoms with E-state index in [0.717, 1.165) is 0 Å². The fraction of sp³-hybridized carbons (Fsp3) is 0.188. The zero-order valence-corrected chi connectivity index (χ0v) is 12.9. The number of carbonyl (C=O) groups is 1. The third kappa shape index (κ3) is 4.82. The molecule has 0 aromatic heterocycles. The van der Waals surface area contributed by atoms with Crippen LogP contribution in [0.4, 0.5) is 14.5 Å². The molecule has 2 aromatic carbocycles. The van der Waals surface area contributed by atoms with E-state index >= 15 is 0 Å². The van der Waals surface area contributed by atoms with Gasteiger partial charge in [-0.1, -0.05) is 29.8 Å². The largest absolute Gasteiger partial charge is 0.493 e. The summed E-state index contributed by atoms with van der Waals surface area (Å²) in [6, 6.07) is 11.2. The van der Waals surface area contributed by atoms with Crippen molar-refractivity contribution < 1.29 is 23.0 Å². The molecule has 0 saturated heterocycles. The van der Waals surface area contributed by atoms with Gasteiger partial charge in [0.2, 0.25) is 5.91 Å². The van der Waals surface area contributed by atoms with Crippen LogP contribution in [0.25, 0.3) is 0 Å². The van der Waals surface area contributed by atoms with Crippen molar-refractivity contribution in [3.8, 4) is 11.5 Å². The first-order valence-corrected chi connectivity index (χ1v) is 7.03. The smallest absolute Gasteiger partial charge is 0.387 e. The second kappa shape index (κ2) is 7.78. The van der Waals surface area contributed by atoms with Crippen molar-refractivity contribution in [2.45, 2.75) is 13.0 Å². The fourth-order valence-corrected chi connectivity index (χ4v) is 2.17. The molecule has 0 aliphatic heterocycles. The lowest BCUT2D eigenvalue weighted by atomic mass is 10.1. The number of hydrogen-bond donors (Lipinski definition) is 1. The molecule has 0 bridgehead atoms. The molecule has 2 rings (SSSR count). The number of rotatable bonds is 6. The Balaban J connectivity index is 2.10. The van der Waals surface area contributed by atoms with Crippen LogP contribution >= 0.6 is 11.6 Å². The van der Waals surface area contributed by atoms with Gasteiger partial charge in [-0.15, -0.1) is 0 Å². The predicted octanol–water partition coefficient (Wildman–Crippen LogP) is 4.13. The molecule has 0 aliphatic rings. The minimum absolute atomic E-state index is 0.0662. The SMILES string of the molecule is COc1ccc(NC(=O)Cc2ccccc2Cl)cc1OC(F)F. The van der Waals surface area contributed by atoms with Gasteiger partial charge < -0.3 is 14.8 Å². The Hall–Kier alpha value is -2.34. The molecule has 23 heavy (non-hydrogen) atoms. The maximum Gasteiger partial charge on any atom is 0.387 e. The summed E-state index contributed by atoms with van der Waals surface area (Å²) in [5.41, 5.74) is 0.989. The number of anilines is 1. The van der Waals surface area contributed by atoms with Crippen molar-refractivity contribution in [1.82, 2.24) is 0 Å². The van der Waals surface area contributed by atoms with E-state index in [1.165, 1.54) is 25.3 Å². The number of methoxy groups -OCH3 is 1. The summed E-state index contributed by atoms with van der Waals surface area (Å²) < 4.78 is 34.1. The number of nitrogens with one attached hydrogen (secondary N) is 1. The van der Waals surface area contributed by atoms with Gasteiger partial charge in [0.25, 0.3) is 0 Å². The number of hydrogen-bond acceptors (Lipinski definition) is 3. The highest BCUT2D eigenvalue weighted by Crippen LogP contribution is 2.31. The van der Waals surface area contributed by atoms with E-state index in [4.69, 9.17) is 16.3 Å². The van der Waals surface area contributed by atoms with Gasteiger partial charge in [0.1, 0.15) is 0 Å². The molecule has 0 unspecified atom stereocenters. The summed E-state index contributed by atoms with van der Waals surface area (Å²) in [6.07, 6.45) is 0.0662. The summed E-state index contributed by atoms with van der Waals surface area (Å²) in [5, 5.41) is 3.09. The van der Waals surface area contributed by atoms with E-state index in [-0.39, 0.29) is 23.8 Å². The Morgan fingerprint density at radius 3 is 2.61 bits per heavy atom. The van der Waals surface area contributed by atoms with Crippen LogP contribution in [0, 0.1) is 0 Å². The topological polar surface area (TPSA) is 47.6 Å². The molecule has 7 heteroatoms. The Bertz CT molecular complexity index is 695. The average molecular weight is 342 g/mol. The highest BCUT2D eigenvalue weighted by molar-refractivity contribution is 6.31. The van der Waals surface area contributed by atoms with Crippen LogP contribution in [-0.4, -0.2) is 19.6 Å². The summed E-state index contributed by atoms with van der Waals surface area (Å²) >= 11 is 5.99. The molecule has 2 aromatic rings. The quantitative estimate of drug-likeness (QED) is 0.859. The summed E-state index contributed by atoms with van der Waals surface area (Å²) in [5.74, 6) is -0.335. The van der Waals surface area contributed by atoms with Crippen LogP contribution in [0.3, 0.4) is 0 Å². The third-order valence-electron chi connectivity index (χ3n) is 2.97. The highest BCUT2D eigenvalue weighted by Gasteiger charge is 2.13. The monoisotopic (exact) mass is 341 g/mol.